The van der Waals surface area contributed by atoms with Gasteiger partial charge in [0.2, 0.25) is 0 Å². The minimum Gasteiger partial charge on any atom is -0.489 e. The molecule has 6 heterocycles. The van der Waals surface area contributed by atoms with Crippen LogP contribution in [0.3, 0.4) is 0 Å². The molecular weight excluding hydrogens is 934 g/mol. The molecule has 0 radical (unpaired) electrons. The summed E-state index contributed by atoms with van der Waals surface area (Å²) >= 11 is 6.28. The molecule has 3 saturated heterocycles. The Morgan fingerprint density at radius 1 is 1.03 bits per heavy atom. The SMILES string of the molecule is CC1CN(CCC2COc3cc(S(=O)(=O)NC(=O)c4ccc(C5CN(CC6=C(c7ccc(Cl)cc7)CC(C)(C)CC6)CCN5)cc4Oc4cnc5[nH]ccc5c4)cc([N+](=O)[O-])c3N2)CCN1C1COC1. The Balaban J connectivity index is 0.863. The maximum atomic E-state index is 14.2. The smallest absolute Gasteiger partial charge is 0.297 e. The van der Waals surface area contributed by atoms with Crippen LogP contribution in [0.5, 0.6) is 17.2 Å². The van der Waals surface area contributed by atoms with Crippen LogP contribution < -0.4 is 24.8 Å². The number of nitro benzene ring substituents is 1. The van der Waals surface area contributed by atoms with Crippen molar-refractivity contribution in [2.24, 2.45) is 5.41 Å². The van der Waals surface area contributed by atoms with E-state index in [1.54, 1.807) is 30.5 Å². The zero-order valence-corrected chi connectivity index (χ0v) is 41.3. The van der Waals surface area contributed by atoms with Crippen LogP contribution in [0, 0.1) is 15.5 Å². The van der Waals surface area contributed by atoms with Crippen LogP contribution in [0.4, 0.5) is 11.4 Å². The second kappa shape index (κ2) is 19.9. The number of benzene rings is 3. The number of piperazine rings is 2. The molecule has 3 unspecified atom stereocenters. The summed E-state index contributed by atoms with van der Waals surface area (Å²) in [5, 5.41) is 20.9. The van der Waals surface area contributed by atoms with Gasteiger partial charge < -0.3 is 34.7 Å². The highest BCUT2D eigenvalue weighted by Crippen LogP contribution is 2.44. The summed E-state index contributed by atoms with van der Waals surface area (Å²) < 4.78 is 48.1. The van der Waals surface area contributed by atoms with E-state index in [9.17, 15) is 23.3 Å². The second-order valence-electron chi connectivity index (χ2n) is 20.1. The molecule has 17 nitrogen and oxygen atoms in total. The first kappa shape index (κ1) is 48.0. The van der Waals surface area contributed by atoms with E-state index in [0.29, 0.717) is 41.5 Å². The fourth-order valence-electron chi connectivity index (χ4n) is 10.5. The number of aromatic nitrogens is 2. The van der Waals surface area contributed by atoms with Crippen LogP contribution in [0.1, 0.15) is 74.0 Å². The van der Waals surface area contributed by atoms with Crippen molar-refractivity contribution in [3.8, 4) is 17.2 Å². The highest BCUT2D eigenvalue weighted by atomic mass is 35.5. The number of ether oxygens (including phenoxy) is 3. The standard InChI is InChI=1S/C51H60ClN9O8S/c1-32-26-58(18-19-60(32)39-30-67-31-39)16-12-38-29-68-47-23-41(22-45(61(63)64)48(47)56-38)70(65,66)57-50(62)42-9-6-34(21-46(42)69-40-20-35-11-14-54-49(35)55-25-40)44-28-59(17-15-53-44)27-36-10-13-51(2,3)24-43(36)33-4-7-37(52)8-5-33/h4-9,11,14,20-23,25,32,38-39,44,53,56H,10,12-13,15-19,24,26-31H2,1-3H3,(H,54,55)(H,57,62). The summed E-state index contributed by atoms with van der Waals surface area (Å²) in [5.41, 5.74) is 5.26. The van der Waals surface area contributed by atoms with Crippen molar-refractivity contribution in [1.29, 1.82) is 0 Å². The first-order chi connectivity index (χ1) is 33.6. The van der Waals surface area contributed by atoms with Gasteiger partial charge in [-0.05, 0) is 91.1 Å². The number of aromatic amines is 1. The Morgan fingerprint density at radius 2 is 1.86 bits per heavy atom. The lowest BCUT2D eigenvalue weighted by Crippen LogP contribution is -2.60. The molecule has 10 rings (SSSR count). The summed E-state index contributed by atoms with van der Waals surface area (Å²) in [5.74, 6) is -0.510. The number of amides is 1. The number of allylic oxidation sites excluding steroid dienone is 1. The van der Waals surface area contributed by atoms with Crippen molar-refractivity contribution in [2.45, 2.75) is 75.5 Å². The van der Waals surface area contributed by atoms with E-state index >= 15 is 0 Å². The highest BCUT2D eigenvalue weighted by molar-refractivity contribution is 7.90. The molecule has 0 spiro atoms. The number of sulfonamides is 1. The van der Waals surface area contributed by atoms with Crippen LogP contribution in [-0.2, 0) is 14.8 Å². The number of rotatable bonds is 14. The normalized spacial score (nSPS) is 22.4. The molecule has 3 fully saturated rings. The average Bonchev–Trinajstić information content (AvgIpc) is 3.79. The summed E-state index contributed by atoms with van der Waals surface area (Å²) in [6, 6.07) is 19.5. The molecule has 3 aromatic carbocycles. The minimum absolute atomic E-state index is 0.0168. The monoisotopic (exact) mass is 993 g/mol. The van der Waals surface area contributed by atoms with Crippen molar-refractivity contribution in [2.75, 3.05) is 77.5 Å². The Bertz CT molecular complexity index is 2930. The Morgan fingerprint density at radius 3 is 2.63 bits per heavy atom. The Hall–Kier alpha value is -5.60. The predicted octanol–water partition coefficient (Wildman–Crippen LogP) is 7.61. The second-order valence-corrected chi connectivity index (χ2v) is 22.3. The van der Waals surface area contributed by atoms with E-state index < -0.39 is 31.4 Å². The molecule has 2 aromatic heterocycles. The van der Waals surface area contributed by atoms with Gasteiger partial charge >= 0.3 is 0 Å². The van der Waals surface area contributed by atoms with Gasteiger partial charge in [0.15, 0.2) is 11.4 Å². The van der Waals surface area contributed by atoms with E-state index in [1.807, 2.05) is 18.2 Å². The molecular formula is C51H60ClN9O8S. The zero-order chi connectivity index (χ0) is 48.7. The van der Waals surface area contributed by atoms with Crippen LogP contribution in [0.2, 0.25) is 5.02 Å². The molecule has 1 amide bonds. The molecule has 5 aliphatic rings. The third-order valence-electron chi connectivity index (χ3n) is 14.5. The van der Waals surface area contributed by atoms with Gasteiger partial charge in [-0.1, -0.05) is 49.2 Å². The quantitative estimate of drug-likeness (QED) is 0.0627. The number of carbonyl (C=O) groups is 1. The number of hydrogen-bond donors (Lipinski definition) is 4. The number of nitrogens with one attached hydrogen (secondary N) is 4. The van der Waals surface area contributed by atoms with Crippen LogP contribution in [0.25, 0.3) is 16.6 Å². The van der Waals surface area contributed by atoms with E-state index in [-0.39, 0.29) is 46.9 Å². The topological polar surface area (TPSA) is 197 Å². The van der Waals surface area contributed by atoms with Crippen LogP contribution in [0.15, 0.2) is 89.6 Å². The third-order valence-corrected chi connectivity index (χ3v) is 16.1. The van der Waals surface area contributed by atoms with Gasteiger partial charge in [0.05, 0.1) is 46.9 Å². The molecule has 5 aromatic rings. The minimum atomic E-state index is -4.68. The molecule has 19 heteroatoms. The largest absolute Gasteiger partial charge is 0.489 e. The lowest BCUT2D eigenvalue weighted by Gasteiger charge is -2.46. The Labute approximate surface area is 413 Å². The van der Waals surface area contributed by atoms with Crippen molar-refractivity contribution >= 4 is 55.5 Å². The number of halogens is 1. The fourth-order valence-corrected chi connectivity index (χ4v) is 11.7. The third kappa shape index (κ3) is 10.5. The number of carbonyl (C=O) groups excluding carboxylic acids is 1. The fraction of sp³-hybridized carbons (Fsp3) is 0.451. The molecule has 1 aliphatic carbocycles. The van der Waals surface area contributed by atoms with Gasteiger partial charge in [-0.3, -0.25) is 24.7 Å². The Kier molecular flexibility index (Phi) is 13.7. The van der Waals surface area contributed by atoms with E-state index in [2.05, 4.69) is 72.9 Å². The summed E-state index contributed by atoms with van der Waals surface area (Å²) in [4.78, 5) is 40.4. The number of H-pyrrole nitrogens is 1. The highest BCUT2D eigenvalue weighted by Gasteiger charge is 2.36. The molecule has 370 valence electrons. The van der Waals surface area contributed by atoms with Gasteiger partial charge in [0, 0.05) is 93.2 Å². The van der Waals surface area contributed by atoms with Gasteiger partial charge in [0.1, 0.15) is 23.8 Å². The predicted molar refractivity (Wildman–Crippen MR) is 268 cm³/mol. The maximum Gasteiger partial charge on any atom is 0.297 e. The average molecular weight is 995 g/mol. The number of hydrogen-bond acceptors (Lipinski definition) is 14. The number of nitrogens with zero attached hydrogens (tertiary/aromatic N) is 5. The van der Waals surface area contributed by atoms with Crippen molar-refractivity contribution in [3.05, 3.63) is 117 Å². The number of fused-ring (bicyclic) bond motifs is 2. The van der Waals surface area contributed by atoms with Gasteiger partial charge in [-0.2, -0.15) is 0 Å². The summed E-state index contributed by atoms with van der Waals surface area (Å²) in [7, 11) is -4.68. The van der Waals surface area contributed by atoms with Crippen LogP contribution >= 0.6 is 11.6 Å². The molecule has 4 N–H and O–H groups in total. The molecule has 0 saturated carbocycles. The molecule has 3 atom stereocenters. The molecule has 4 aliphatic heterocycles. The van der Waals surface area contributed by atoms with Crippen LogP contribution in [-0.4, -0.2) is 134 Å². The van der Waals surface area contributed by atoms with Gasteiger partial charge in [-0.15, -0.1) is 0 Å². The first-order valence-electron chi connectivity index (χ1n) is 24.2. The molecule has 0 bridgehead atoms. The van der Waals surface area contributed by atoms with E-state index in [0.717, 1.165) is 95.3 Å². The van der Waals surface area contributed by atoms with Crippen molar-refractivity contribution < 1.29 is 32.3 Å². The first-order valence-corrected chi connectivity index (χ1v) is 26.0. The van der Waals surface area contributed by atoms with Gasteiger partial charge in [0.25, 0.3) is 21.6 Å². The number of pyridine rings is 1. The number of anilines is 1. The summed E-state index contributed by atoms with van der Waals surface area (Å²) in [6.07, 6.45) is 7.04. The van der Waals surface area contributed by atoms with E-state index in [1.165, 1.54) is 29.0 Å². The molecule has 70 heavy (non-hydrogen) atoms. The van der Waals surface area contributed by atoms with Crippen molar-refractivity contribution in [1.82, 2.24) is 34.7 Å². The summed E-state index contributed by atoms with van der Waals surface area (Å²) in [6.45, 7) is 15.2. The maximum absolute atomic E-state index is 14.2. The van der Waals surface area contributed by atoms with Crippen molar-refractivity contribution in [3.63, 3.8) is 0 Å². The lowest BCUT2D eigenvalue weighted by atomic mass is 9.72. The van der Waals surface area contributed by atoms with E-state index in [4.69, 9.17) is 25.8 Å². The zero-order valence-electron chi connectivity index (χ0n) is 39.7. The number of nitro groups is 1. The lowest BCUT2D eigenvalue weighted by molar-refractivity contribution is -0.384. The van der Waals surface area contributed by atoms with Gasteiger partial charge in [-0.25, -0.2) is 18.1 Å².